The van der Waals surface area contributed by atoms with Crippen LogP contribution in [0.15, 0.2) is 71.6 Å². The van der Waals surface area contributed by atoms with Crippen LogP contribution in [0, 0.1) is 10.1 Å². The Bertz CT molecular complexity index is 1090. The minimum Gasteiger partial charge on any atom is -0.493 e. The molecule has 0 bridgehead atoms. The number of unbranched alkanes of at least 4 members (excludes halogenated alkanes) is 2. The summed E-state index contributed by atoms with van der Waals surface area (Å²) >= 11 is 0. The van der Waals surface area contributed by atoms with Gasteiger partial charge in [0.2, 0.25) is 10.0 Å². The van der Waals surface area contributed by atoms with Crippen molar-refractivity contribution in [2.75, 3.05) is 13.2 Å². The number of nitrogens with one attached hydrogen (secondary N) is 1. The number of nitro groups is 1. The van der Waals surface area contributed by atoms with Crippen LogP contribution in [-0.4, -0.2) is 26.5 Å². The second-order valence-electron chi connectivity index (χ2n) is 6.54. The van der Waals surface area contributed by atoms with Crippen LogP contribution in [0.3, 0.4) is 0 Å². The third-order valence-electron chi connectivity index (χ3n) is 4.45. The Morgan fingerprint density at radius 2 is 1.69 bits per heavy atom. The molecule has 1 N–H and O–H groups in total. The summed E-state index contributed by atoms with van der Waals surface area (Å²) in [5, 5.41) is 12.3. The van der Waals surface area contributed by atoms with Crippen LogP contribution in [0.1, 0.15) is 19.3 Å². The van der Waals surface area contributed by atoms with E-state index < -0.39 is 14.9 Å². The molecule has 0 fully saturated rings. The van der Waals surface area contributed by atoms with E-state index in [0.29, 0.717) is 30.7 Å². The molecule has 8 heteroatoms. The predicted molar refractivity (Wildman–Crippen MR) is 112 cm³/mol. The summed E-state index contributed by atoms with van der Waals surface area (Å²) in [7, 11) is -3.58. The Morgan fingerprint density at radius 1 is 0.931 bits per heavy atom. The molecule has 29 heavy (non-hydrogen) atoms. The van der Waals surface area contributed by atoms with Crippen LogP contribution < -0.4 is 9.46 Å². The Hall–Kier alpha value is -2.97. The molecule has 0 aliphatic heterocycles. The lowest BCUT2D eigenvalue weighted by Gasteiger charge is -2.10. The van der Waals surface area contributed by atoms with Crippen molar-refractivity contribution in [2.45, 2.75) is 24.2 Å². The largest absolute Gasteiger partial charge is 0.493 e. The van der Waals surface area contributed by atoms with Crippen molar-refractivity contribution < 1.29 is 18.1 Å². The van der Waals surface area contributed by atoms with Gasteiger partial charge in [0.1, 0.15) is 5.75 Å². The number of fused-ring (bicyclic) bond motifs is 1. The van der Waals surface area contributed by atoms with Crippen molar-refractivity contribution in [1.82, 2.24) is 4.72 Å². The predicted octanol–water partition coefficient (Wildman–Crippen LogP) is 4.28. The first-order valence-electron chi connectivity index (χ1n) is 9.32. The molecular formula is C21H22N2O5S. The first-order valence-corrected chi connectivity index (χ1v) is 10.8. The number of sulfonamides is 1. The third kappa shape index (κ3) is 5.52. The molecule has 0 unspecified atom stereocenters. The third-order valence-corrected chi connectivity index (χ3v) is 5.97. The topological polar surface area (TPSA) is 98.5 Å². The van der Waals surface area contributed by atoms with Gasteiger partial charge in [0.25, 0.3) is 5.69 Å². The molecule has 3 aromatic rings. The molecule has 7 nitrogen and oxygen atoms in total. The lowest BCUT2D eigenvalue weighted by atomic mass is 10.1. The van der Waals surface area contributed by atoms with Crippen molar-refractivity contribution in [2.24, 2.45) is 0 Å². The number of ether oxygens (including phenoxy) is 1. The molecule has 0 atom stereocenters. The summed E-state index contributed by atoms with van der Waals surface area (Å²) in [4.78, 5) is 10.6. The van der Waals surface area contributed by atoms with Crippen molar-refractivity contribution in [1.29, 1.82) is 0 Å². The molecule has 0 radical (unpaired) electrons. The van der Waals surface area contributed by atoms with E-state index in [2.05, 4.69) is 4.72 Å². The number of hydrogen-bond donors (Lipinski definition) is 1. The van der Waals surface area contributed by atoms with Gasteiger partial charge in [-0.2, -0.15) is 0 Å². The van der Waals surface area contributed by atoms with Gasteiger partial charge in [0.15, 0.2) is 0 Å². The van der Waals surface area contributed by atoms with E-state index >= 15 is 0 Å². The maximum absolute atomic E-state index is 12.6. The van der Waals surface area contributed by atoms with E-state index in [4.69, 9.17) is 4.74 Å². The van der Waals surface area contributed by atoms with Gasteiger partial charge in [-0.1, -0.05) is 42.5 Å². The normalized spacial score (nSPS) is 11.4. The van der Waals surface area contributed by atoms with Crippen molar-refractivity contribution in [3.8, 4) is 5.75 Å². The zero-order valence-corrected chi connectivity index (χ0v) is 16.6. The second kappa shape index (κ2) is 9.49. The fraction of sp³-hybridized carbons (Fsp3) is 0.238. The van der Waals surface area contributed by atoms with Gasteiger partial charge >= 0.3 is 0 Å². The van der Waals surface area contributed by atoms with E-state index in [1.54, 1.807) is 30.3 Å². The number of non-ortho nitro benzene ring substituents is 1. The van der Waals surface area contributed by atoms with Crippen LogP contribution in [0.5, 0.6) is 5.75 Å². The Balaban J connectivity index is 1.43. The van der Waals surface area contributed by atoms with Crippen molar-refractivity contribution in [3.63, 3.8) is 0 Å². The monoisotopic (exact) mass is 414 g/mol. The molecule has 0 saturated carbocycles. The summed E-state index contributed by atoms with van der Waals surface area (Å²) in [6, 6.07) is 18.7. The van der Waals surface area contributed by atoms with Crippen LogP contribution in [0.2, 0.25) is 0 Å². The van der Waals surface area contributed by atoms with Crippen LogP contribution in [0.4, 0.5) is 5.69 Å². The number of hydrogen-bond acceptors (Lipinski definition) is 5. The van der Waals surface area contributed by atoms with E-state index in [1.807, 2.05) is 24.3 Å². The molecule has 0 amide bonds. The summed E-state index contributed by atoms with van der Waals surface area (Å²) in [6.07, 6.45) is 2.16. The number of rotatable bonds is 10. The first kappa shape index (κ1) is 20.8. The van der Waals surface area contributed by atoms with E-state index in [-0.39, 0.29) is 10.6 Å². The lowest BCUT2D eigenvalue weighted by Crippen LogP contribution is -2.25. The van der Waals surface area contributed by atoms with E-state index in [0.717, 1.165) is 18.2 Å². The zero-order chi connectivity index (χ0) is 20.7. The molecule has 0 saturated heterocycles. The van der Waals surface area contributed by atoms with Crippen molar-refractivity contribution in [3.05, 3.63) is 76.8 Å². The molecule has 152 valence electrons. The van der Waals surface area contributed by atoms with Gasteiger partial charge in [0, 0.05) is 18.0 Å². The Labute approximate surface area is 169 Å². The average Bonchev–Trinajstić information content (AvgIpc) is 2.72. The van der Waals surface area contributed by atoms with Crippen LogP contribution in [-0.2, 0) is 10.0 Å². The van der Waals surface area contributed by atoms with Gasteiger partial charge in [-0.15, -0.1) is 0 Å². The molecular weight excluding hydrogens is 392 g/mol. The molecule has 0 heterocycles. The average molecular weight is 414 g/mol. The molecule has 0 aliphatic carbocycles. The maximum Gasteiger partial charge on any atom is 0.273 e. The summed E-state index contributed by atoms with van der Waals surface area (Å²) in [5.74, 6) is 0.454. The lowest BCUT2D eigenvalue weighted by molar-refractivity contribution is -0.384. The number of benzene rings is 3. The van der Waals surface area contributed by atoms with Gasteiger partial charge in [-0.05, 0) is 36.8 Å². The van der Waals surface area contributed by atoms with Gasteiger partial charge in [-0.25, -0.2) is 13.1 Å². The van der Waals surface area contributed by atoms with Gasteiger partial charge in [0.05, 0.1) is 22.5 Å². The molecule has 0 spiro atoms. The maximum atomic E-state index is 12.6. The Morgan fingerprint density at radius 3 is 2.52 bits per heavy atom. The number of nitro benzene ring substituents is 1. The minimum absolute atomic E-state index is 0.00894. The van der Waals surface area contributed by atoms with E-state index in [9.17, 15) is 18.5 Å². The zero-order valence-electron chi connectivity index (χ0n) is 15.8. The summed E-state index contributed by atoms with van der Waals surface area (Å²) < 4.78 is 33.4. The first-order chi connectivity index (χ1) is 14.0. The highest BCUT2D eigenvalue weighted by atomic mass is 32.2. The number of nitrogens with zero attached hydrogens (tertiary/aromatic N) is 1. The van der Waals surface area contributed by atoms with Crippen LogP contribution >= 0.6 is 0 Å². The van der Waals surface area contributed by atoms with Gasteiger partial charge < -0.3 is 4.74 Å². The smallest absolute Gasteiger partial charge is 0.273 e. The SMILES string of the molecule is O=[N+]([O-])c1cccc(OCCCCCNS(=O)(=O)c2cccc3ccccc23)c1. The quantitative estimate of drug-likeness (QED) is 0.303. The second-order valence-corrected chi connectivity index (χ2v) is 8.27. The summed E-state index contributed by atoms with van der Waals surface area (Å²) in [6.45, 7) is 0.750. The Kier molecular flexibility index (Phi) is 6.79. The molecule has 0 aliphatic rings. The molecule has 3 aromatic carbocycles. The fourth-order valence-electron chi connectivity index (χ4n) is 3.00. The highest BCUT2D eigenvalue weighted by molar-refractivity contribution is 7.89. The highest BCUT2D eigenvalue weighted by Gasteiger charge is 2.16. The standard InChI is InChI=1S/C21H22N2O5S/c24-23(25)18-10-7-11-19(16-18)28-15-5-1-4-14-22-29(26,27)21-13-6-9-17-8-2-3-12-20(17)21/h2-3,6-13,16,22H,1,4-5,14-15H2. The highest BCUT2D eigenvalue weighted by Crippen LogP contribution is 2.22. The van der Waals surface area contributed by atoms with Crippen molar-refractivity contribution >= 4 is 26.5 Å². The molecule has 3 rings (SSSR count). The fourth-order valence-corrected chi connectivity index (χ4v) is 4.30. The summed E-state index contributed by atoms with van der Waals surface area (Å²) in [5.41, 5.74) is -0.00894. The molecule has 0 aromatic heterocycles. The van der Waals surface area contributed by atoms with E-state index in [1.165, 1.54) is 12.1 Å². The minimum atomic E-state index is -3.58. The van der Waals surface area contributed by atoms with Gasteiger partial charge in [-0.3, -0.25) is 10.1 Å². The van der Waals surface area contributed by atoms with Crippen LogP contribution in [0.25, 0.3) is 10.8 Å².